The van der Waals surface area contributed by atoms with Crippen molar-refractivity contribution < 1.29 is 9.53 Å². The summed E-state index contributed by atoms with van der Waals surface area (Å²) >= 11 is 0. The normalized spacial score (nSPS) is 19.6. The number of morpholine rings is 1. The summed E-state index contributed by atoms with van der Waals surface area (Å²) < 4.78 is 5.81. The molecule has 0 saturated carbocycles. The first-order valence-corrected chi connectivity index (χ1v) is 9.90. The van der Waals surface area contributed by atoms with Crippen LogP contribution in [-0.2, 0) is 17.8 Å². The number of hydrogen-bond acceptors (Lipinski definition) is 6. The van der Waals surface area contributed by atoms with E-state index in [4.69, 9.17) is 4.74 Å². The molecule has 1 aliphatic heterocycles. The summed E-state index contributed by atoms with van der Waals surface area (Å²) in [6.45, 7) is 7.05. The van der Waals surface area contributed by atoms with Gasteiger partial charge in [-0.1, -0.05) is 18.2 Å². The molecule has 1 aromatic carbocycles. The first kappa shape index (κ1) is 21.0. The third-order valence-corrected chi connectivity index (χ3v) is 4.69. The lowest BCUT2D eigenvalue weighted by Crippen LogP contribution is -2.44. The van der Waals surface area contributed by atoms with Crippen molar-refractivity contribution in [3.8, 4) is 0 Å². The number of hydrogen-bond donors (Lipinski definition) is 2. The van der Waals surface area contributed by atoms with E-state index in [-0.39, 0.29) is 18.2 Å². The van der Waals surface area contributed by atoms with Crippen molar-refractivity contribution in [3.63, 3.8) is 0 Å². The summed E-state index contributed by atoms with van der Waals surface area (Å²) in [7, 11) is 3.76. The molecule has 2 amide bonds. The third kappa shape index (κ3) is 6.13. The van der Waals surface area contributed by atoms with Gasteiger partial charge in [0.2, 0.25) is 5.95 Å². The summed E-state index contributed by atoms with van der Waals surface area (Å²) in [5, 5.41) is 5.83. The average molecular weight is 399 g/mol. The summed E-state index contributed by atoms with van der Waals surface area (Å²) in [5.74, 6) is 0.615. The topological polar surface area (TPSA) is 82.6 Å². The largest absolute Gasteiger partial charge is 0.373 e. The third-order valence-electron chi connectivity index (χ3n) is 4.69. The number of rotatable bonds is 6. The minimum Gasteiger partial charge on any atom is -0.373 e. The maximum atomic E-state index is 12.4. The molecule has 0 unspecified atom stereocenters. The summed E-state index contributed by atoms with van der Waals surface area (Å²) in [5.41, 5.74) is 2.65. The van der Waals surface area contributed by atoms with Crippen molar-refractivity contribution in [1.29, 1.82) is 0 Å². The number of aromatic nitrogens is 2. The Bertz CT molecular complexity index is 818. The van der Waals surface area contributed by atoms with Gasteiger partial charge < -0.3 is 20.3 Å². The molecule has 2 atom stereocenters. The van der Waals surface area contributed by atoms with Gasteiger partial charge in [0.15, 0.2) is 0 Å². The minimum absolute atomic E-state index is 0.210. The van der Waals surface area contributed by atoms with Gasteiger partial charge in [-0.2, -0.15) is 0 Å². The van der Waals surface area contributed by atoms with E-state index in [0.29, 0.717) is 12.5 Å². The molecule has 8 nitrogen and oxygen atoms in total. The van der Waals surface area contributed by atoms with Gasteiger partial charge in [0.1, 0.15) is 0 Å². The lowest BCUT2D eigenvalue weighted by atomic mass is 10.1. The van der Waals surface area contributed by atoms with Crippen LogP contribution in [0.25, 0.3) is 0 Å². The van der Waals surface area contributed by atoms with Crippen molar-refractivity contribution in [2.45, 2.75) is 39.1 Å². The fourth-order valence-electron chi connectivity index (χ4n) is 3.47. The number of amides is 2. The van der Waals surface area contributed by atoms with Gasteiger partial charge in [-0.25, -0.2) is 14.8 Å². The van der Waals surface area contributed by atoms with E-state index in [1.54, 1.807) is 12.3 Å². The Morgan fingerprint density at radius 3 is 2.66 bits per heavy atom. The maximum absolute atomic E-state index is 12.4. The Morgan fingerprint density at radius 1 is 1.21 bits per heavy atom. The quantitative estimate of drug-likeness (QED) is 0.778. The molecule has 3 rings (SSSR count). The maximum Gasteiger partial charge on any atom is 0.319 e. The number of carbonyl (C=O) groups excluding carboxylic acids is 1. The molecule has 156 valence electrons. The molecule has 1 saturated heterocycles. The Labute approximate surface area is 172 Å². The number of benzene rings is 1. The number of nitrogens with one attached hydrogen (secondary N) is 2. The van der Waals surface area contributed by atoms with Crippen LogP contribution in [0.4, 0.5) is 16.4 Å². The van der Waals surface area contributed by atoms with E-state index < -0.39 is 0 Å². The number of ether oxygens (including phenoxy) is 1. The summed E-state index contributed by atoms with van der Waals surface area (Å²) in [4.78, 5) is 25.2. The molecule has 0 spiro atoms. The predicted molar refractivity (Wildman–Crippen MR) is 114 cm³/mol. The fraction of sp³-hybridized carbons (Fsp3) is 0.476. The number of nitrogens with zero attached hydrogens (tertiary/aromatic N) is 4. The molecule has 0 aliphatic carbocycles. The van der Waals surface area contributed by atoms with Crippen LogP contribution >= 0.6 is 0 Å². The number of carbonyl (C=O) groups is 1. The monoisotopic (exact) mass is 398 g/mol. The molecule has 1 aliphatic rings. The van der Waals surface area contributed by atoms with Crippen molar-refractivity contribution in [2.75, 3.05) is 37.4 Å². The molecule has 0 radical (unpaired) electrons. The van der Waals surface area contributed by atoms with Crippen molar-refractivity contribution >= 4 is 17.7 Å². The van der Waals surface area contributed by atoms with Gasteiger partial charge in [-0.05, 0) is 31.5 Å². The molecule has 1 aromatic heterocycles. The number of urea groups is 1. The highest BCUT2D eigenvalue weighted by atomic mass is 16.5. The predicted octanol–water partition coefficient (Wildman–Crippen LogP) is 2.47. The lowest BCUT2D eigenvalue weighted by molar-refractivity contribution is -0.0704. The summed E-state index contributed by atoms with van der Waals surface area (Å²) in [6.07, 6.45) is 2.11. The Morgan fingerprint density at radius 2 is 1.93 bits per heavy atom. The van der Waals surface area contributed by atoms with Crippen LogP contribution in [0.15, 0.2) is 36.5 Å². The van der Waals surface area contributed by atoms with Gasteiger partial charge >= 0.3 is 6.03 Å². The highest BCUT2D eigenvalue weighted by Gasteiger charge is 2.22. The molecular weight excluding hydrogens is 368 g/mol. The van der Waals surface area contributed by atoms with Crippen LogP contribution in [0.5, 0.6) is 0 Å². The molecule has 2 heterocycles. The molecule has 1 fully saturated rings. The van der Waals surface area contributed by atoms with Crippen molar-refractivity contribution in [3.05, 3.63) is 47.8 Å². The summed E-state index contributed by atoms with van der Waals surface area (Å²) in [6, 6.07) is 9.44. The van der Waals surface area contributed by atoms with E-state index in [1.165, 1.54) is 0 Å². The highest BCUT2D eigenvalue weighted by Crippen LogP contribution is 2.20. The van der Waals surface area contributed by atoms with Crippen LogP contribution in [-0.4, -0.2) is 60.3 Å². The molecule has 2 aromatic rings. The van der Waals surface area contributed by atoms with Gasteiger partial charge in [0.25, 0.3) is 0 Å². The van der Waals surface area contributed by atoms with E-state index in [0.717, 1.165) is 36.6 Å². The average Bonchev–Trinajstić information content (AvgIpc) is 2.67. The smallest absolute Gasteiger partial charge is 0.319 e. The second kappa shape index (κ2) is 9.67. The Hall–Kier alpha value is -2.71. The molecule has 2 N–H and O–H groups in total. The van der Waals surface area contributed by atoms with Gasteiger partial charge in [0, 0.05) is 45.6 Å². The highest BCUT2D eigenvalue weighted by molar-refractivity contribution is 5.90. The Balaban J connectivity index is 1.58. The van der Waals surface area contributed by atoms with E-state index in [2.05, 4.69) is 39.3 Å². The zero-order valence-electron chi connectivity index (χ0n) is 17.6. The second-order valence-corrected chi connectivity index (χ2v) is 7.66. The van der Waals surface area contributed by atoms with Crippen LogP contribution in [0.1, 0.15) is 25.1 Å². The molecule has 0 bridgehead atoms. The van der Waals surface area contributed by atoms with Crippen LogP contribution < -0.4 is 15.5 Å². The fourth-order valence-corrected chi connectivity index (χ4v) is 3.47. The first-order chi connectivity index (χ1) is 13.9. The van der Waals surface area contributed by atoms with Crippen LogP contribution in [0.2, 0.25) is 0 Å². The Kier molecular flexibility index (Phi) is 7.00. The van der Waals surface area contributed by atoms with Gasteiger partial charge in [0.05, 0.1) is 24.4 Å². The van der Waals surface area contributed by atoms with Crippen molar-refractivity contribution in [2.24, 2.45) is 0 Å². The molecular formula is C21H30N6O2. The number of para-hydroxylation sites is 1. The zero-order chi connectivity index (χ0) is 20.8. The van der Waals surface area contributed by atoms with Crippen molar-refractivity contribution in [1.82, 2.24) is 20.2 Å². The standard InChI is InChI=1S/C21H30N6O2/c1-15-12-27(13-16(2)29-15)14-17-7-5-6-8-19(17)25-21(28)23-11-18-9-10-22-20(24-18)26(3)4/h5-10,15-16H,11-14H2,1-4H3,(H2,23,25,28)/t15-,16-/m0/s1. The second-order valence-electron chi connectivity index (χ2n) is 7.66. The van der Waals surface area contributed by atoms with Crippen LogP contribution in [0.3, 0.4) is 0 Å². The van der Waals surface area contributed by atoms with Gasteiger partial charge in [-0.15, -0.1) is 0 Å². The minimum atomic E-state index is -0.258. The van der Waals surface area contributed by atoms with E-state index in [9.17, 15) is 4.79 Å². The van der Waals surface area contributed by atoms with E-state index >= 15 is 0 Å². The first-order valence-electron chi connectivity index (χ1n) is 9.90. The number of anilines is 2. The zero-order valence-corrected chi connectivity index (χ0v) is 17.6. The van der Waals surface area contributed by atoms with Crippen LogP contribution in [0, 0.1) is 0 Å². The van der Waals surface area contributed by atoms with Gasteiger partial charge in [-0.3, -0.25) is 4.90 Å². The van der Waals surface area contributed by atoms with E-state index in [1.807, 2.05) is 43.3 Å². The molecule has 8 heteroatoms. The molecule has 29 heavy (non-hydrogen) atoms. The lowest BCUT2D eigenvalue weighted by Gasteiger charge is -2.35. The SMILES string of the molecule is C[C@H]1CN(Cc2ccccc2NC(=O)NCc2ccnc(N(C)C)n2)C[C@H](C)O1.